The van der Waals surface area contributed by atoms with Crippen molar-refractivity contribution in [3.63, 3.8) is 0 Å². The van der Waals surface area contributed by atoms with Crippen LogP contribution < -0.4 is 15.0 Å². The number of carbonyl (C=O) groups excluding carboxylic acids is 2. The van der Waals surface area contributed by atoms with Crippen molar-refractivity contribution in [3.8, 4) is 22.7 Å². The summed E-state index contributed by atoms with van der Waals surface area (Å²) in [6.07, 6.45) is 0. The molecule has 1 atom stereocenters. The van der Waals surface area contributed by atoms with Gasteiger partial charge in [0.2, 0.25) is 11.8 Å². The van der Waals surface area contributed by atoms with E-state index in [2.05, 4.69) is 5.32 Å². The third-order valence-corrected chi connectivity index (χ3v) is 7.89. The number of fused-ring (bicyclic) bond motifs is 1. The maximum absolute atomic E-state index is 13.8. The molecule has 0 saturated carbocycles. The van der Waals surface area contributed by atoms with Crippen LogP contribution in [0, 0.1) is 6.92 Å². The largest absolute Gasteiger partial charge is 0.496 e. The van der Waals surface area contributed by atoms with Crippen molar-refractivity contribution in [2.45, 2.75) is 32.1 Å². The summed E-state index contributed by atoms with van der Waals surface area (Å²) in [6, 6.07) is 25.8. The van der Waals surface area contributed by atoms with Gasteiger partial charge in [-0.25, -0.2) is 4.68 Å². The molecule has 0 unspecified atom stereocenters. The van der Waals surface area contributed by atoms with E-state index in [1.54, 1.807) is 12.0 Å². The summed E-state index contributed by atoms with van der Waals surface area (Å²) in [5, 5.41) is 7.84. The smallest absolute Gasteiger partial charge is 0.240 e. The first-order valence-corrected chi connectivity index (χ1v) is 14.0. The van der Waals surface area contributed by atoms with Gasteiger partial charge in [0.05, 0.1) is 29.5 Å². The van der Waals surface area contributed by atoms with Gasteiger partial charge in [-0.15, -0.1) is 11.8 Å². The Morgan fingerprint density at radius 3 is 2.46 bits per heavy atom. The normalized spacial score (nSPS) is 15.2. The molecule has 1 aliphatic heterocycles. The van der Waals surface area contributed by atoms with Gasteiger partial charge < -0.3 is 10.1 Å². The van der Waals surface area contributed by atoms with Gasteiger partial charge in [0.25, 0.3) is 0 Å². The fourth-order valence-corrected chi connectivity index (χ4v) is 6.16. The fourth-order valence-electron chi connectivity index (χ4n) is 4.94. The average Bonchev–Trinajstić information content (AvgIpc) is 3.25. The minimum atomic E-state index is -0.258. The van der Waals surface area contributed by atoms with Crippen LogP contribution in [0.4, 0.5) is 5.82 Å². The number of hydrogen-bond donors (Lipinski definition) is 1. The zero-order chi connectivity index (χ0) is 27.5. The highest BCUT2D eigenvalue weighted by Gasteiger charge is 2.38. The number of nitrogens with zero attached hydrogens (tertiary/aromatic N) is 3. The number of ether oxygens (including phenoxy) is 1. The number of nitrogens with one attached hydrogen (secondary N) is 1. The molecule has 4 aromatic rings. The highest BCUT2D eigenvalue weighted by Crippen LogP contribution is 2.50. The molecular weight excluding hydrogens is 508 g/mol. The van der Waals surface area contributed by atoms with Crippen molar-refractivity contribution in [2.75, 3.05) is 24.3 Å². The predicted molar refractivity (Wildman–Crippen MR) is 157 cm³/mol. The van der Waals surface area contributed by atoms with E-state index in [-0.39, 0.29) is 35.4 Å². The molecule has 5 rings (SSSR count). The minimum Gasteiger partial charge on any atom is -0.496 e. The van der Waals surface area contributed by atoms with E-state index in [1.807, 2.05) is 104 Å². The molecular formula is C31H32N4O3S. The molecule has 1 aromatic heterocycles. The summed E-state index contributed by atoms with van der Waals surface area (Å²) in [6.45, 7) is 5.74. The molecule has 2 amide bonds. The molecule has 2 heterocycles. The van der Waals surface area contributed by atoms with Gasteiger partial charge in [0, 0.05) is 22.7 Å². The van der Waals surface area contributed by atoms with Crippen LogP contribution in [0.25, 0.3) is 16.9 Å². The number of anilines is 1. The zero-order valence-corrected chi connectivity index (χ0v) is 23.4. The molecule has 1 N–H and O–H groups in total. The van der Waals surface area contributed by atoms with Crippen molar-refractivity contribution in [1.29, 1.82) is 0 Å². The van der Waals surface area contributed by atoms with Crippen LogP contribution in [0.2, 0.25) is 0 Å². The molecule has 0 saturated heterocycles. The number of thioether (sulfide) groups is 1. The molecule has 39 heavy (non-hydrogen) atoms. The Balaban J connectivity index is 1.83. The Labute approximate surface area is 233 Å². The van der Waals surface area contributed by atoms with Crippen LogP contribution in [0.5, 0.6) is 5.75 Å². The minimum absolute atomic E-state index is 0.0455. The van der Waals surface area contributed by atoms with Crippen LogP contribution in [-0.4, -0.2) is 47.0 Å². The number of amides is 2. The van der Waals surface area contributed by atoms with Crippen molar-refractivity contribution < 1.29 is 14.3 Å². The van der Waals surface area contributed by atoms with Crippen molar-refractivity contribution >= 4 is 29.4 Å². The lowest BCUT2D eigenvalue weighted by molar-refractivity contribution is -0.123. The number of hydrogen-bond acceptors (Lipinski definition) is 5. The predicted octanol–water partition coefficient (Wildman–Crippen LogP) is 5.55. The first kappa shape index (κ1) is 26.6. The number of carbonyl (C=O) groups is 2. The van der Waals surface area contributed by atoms with Crippen molar-refractivity contribution in [2.24, 2.45) is 0 Å². The lowest BCUT2D eigenvalue weighted by Crippen LogP contribution is -2.44. The van der Waals surface area contributed by atoms with Crippen LogP contribution >= 0.6 is 11.8 Å². The monoisotopic (exact) mass is 540 g/mol. The number of aryl methyl sites for hydroxylation is 1. The molecule has 200 valence electrons. The van der Waals surface area contributed by atoms with Crippen LogP contribution in [0.1, 0.15) is 35.8 Å². The third-order valence-electron chi connectivity index (χ3n) is 6.65. The molecule has 0 bridgehead atoms. The second-order valence-electron chi connectivity index (χ2n) is 9.79. The summed E-state index contributed by atoms with van der Waals surface area (Å²) in [5.74, 6) is 1.18. The van der Waals surface area contributed by atoms with E-state index in [0.29, 0.717) is 5.82 Å². The van der Waals surface area contributed by atoms with E-state index in [9.17, 15) is 9.59 Å². The van der Waals surface area contributed by atoms with Gasteiger partial charge in [-0.05, 0) is 38.5 Å². The third kappa shape index (κ3) is 5.29. The SMILES string of the molecule is COc1ccccc1[C@H]1SCC(=O)N(CC(=O)NC(C)C)c2c1c(-c1ccccc1)nn2-c1ccccc1C. The Morgan fingerprint density at radius 2 is 1.74 bits per heavy atom. The molecule has 7 nitrogen and oxygen atoms in total. The molecule has 0 spiro atoms. The second kappa shape index (κ2) is 11.4. The summed E-state index contributed by atoms with van der Waals surface area (Å²) < 4.78 is 7.60. The second-order valence-corrected chi connectivity index (χ2v) is 10.9. The topological polar surface area (TPSA) is 76.5 Å². The Bertz CT molecular complexity index is 1500. The maximum atomic E-state index is 13.8. The number of aromatic nitrogens is 2. The lowest BCUT2D eigenvalue weighted by atomic mass is 9.99. The maximum Gasteiger partial charge on any atom is 0.240 e. The van der Waals surface area contributed by atoms with Gasteiger partial charge >= 0.3 is 0 Å². The molecule has 1 aliphatic rings. The molecule has 8 heteroatoms. The number of methoxy groups -OCH3 is 1. The number of benzene rings is 3. The first-order valence-electron chi connectivity index (χ1n) is 13.0. The first-order chi connectivity index (χ1) is 18.9. The Morgan fingerprint density at radius 1 is 1.05 bits per heavy atom. The highest BCUT2D eigenvalue weighted by molar-refractivity contribution is 8.00. The van der Waals surface area contributed by atoms with Gasteiger partial charge in [0.1, 0.15) is 18.1 Å². The van der Waals surface area contributed by atoms with Gasteiger partial charge in [-0.3, -0.25) is 14.5 Å². The lowest BCUT2D eigenvalue weighted by Gasteiger charge is -2.24. The Hall–Kier alpha value is -4.04. The summed E-state index contributed by atoms with van der Waals surface area (Å²) >= 11 is 1.53. The van der Waals surface area contributed by atoms with E-state index in [1.165, 1.54) is 11.8 Å². The summed E-state index contributed by atoms with van der Waals surface area (Å²) in [7, 11) is 1.66. The standard InChI is InChI=1S/C31H32N4O3S/c1-20(2)32-26(36)18-34-27(37)19-39-30(23-15-9-11-17-25(23)38-4)28-29(22-13-6-5-7-14-22)33-35(31(28)34)24-16-10-8-12-21(24)3/h5-17,20,30H,18-19H2,1-4H3,(H,32,36)/t30-/m1/s1. The van der Waals surface area contributed by atoms with Gasteiger partial charge in [0.15, 0.2) is 0 Å². The summed E-state index contributed by atoms with van der Waals surface area (Å²) in [5.41, 5.74) is 5.38. The molecule has 0 radical (unpaired) electrons. The van der Waals surface area contributed by atoms with E-state index >= 15 is 0 Å². The number of rotatable bonds is 7. The van der Waals surface area contributed by atoms with Crippen LogP contribution in [0.3, 0.4) is 0 Å². The van der Waals surface area contributed by atoms with Crippen LogP contribution in [0.15, 0.2) is 78.9 Å². The van der Waals surface area contributed by atoms with Crippen molar-refractivity contribution in [1.82, 2.24) is 15.1 Å². The van der Waals surface area contributed by atoms with Crippen molar-refractivity contribution in [3.05, 3.63) is 95.6 Å². The average molecular weight is 541 g/mol. The summed E-state index contributed by atoms with van der Waals surface area (Å²) in [4.78, 5) is 28.5. The highest BCUT2D eigenvalue weighted by atomic mass is 32.2. The molecule has 0 aliphatic carbocycles. The van der Waals surface area contributed by atoms with Crippen LogP contribution in [-0.2, 0) is 9.59 Å². The molecule has 3 aromatic carbocycles. The van der Waals surface area contributed by atoms with Gasteiger partial charge in [-0.2, -0.15) is 5.10 Å². The fraction of sp³-hybridized carbons (Fsp3) is 0.258. The van der Waals surface area contributed by atoms with E-state index < -0.39 is 0 Å². The van der Waals surface area contributed by atoms with E-state index in [0.717, 1.165) is 39.4 Å². The Kier molecular flexibility index (Phi) is 7.74. The quantitative estimate of drug-likeness (QED) is 0.333. The molecule has 0 fully saturated rings. The van der Waals surface area contributed by atoms with E-state index in [4.69, 9.17) is 9.84 Å². The number of para-hydroxylation sites is 2. The van der Waals surface area contributed by atoms with Gasteiger partial charge in [-0.1, -0.05) is 66.7 Å². The zero-order valence-electron chi connectivity index (χ0n) is 22.5.